The molecule has 0 amide bonds. The molecular weight excluding hydrogens is 316 g/mol. The SMILES string of the molecule is COc1cc(OC)nc(OC(C(=O)OC[Si](C)(C)C)C(C)C)n1. The van der Waals surface area contributed by atoms with Crippen LogP contribution in [0.1, 0.15) is 13.8 Å². The molecule has 0 aromatic carbocycles. The Bertz CT molecular complexity index is 509. The van der Waals surface area contributed by atoms with Gasteiger partial charge in [-0.2, -0.15) is 9.97 Å². The van der Waals surface area contributed by atoms with Gasteiger partial charge in [0, 0.05) is 5.92 Å². The highest BCUT2D eigenvalue weighted by molar-refractivity contribution is 6.76. The topological polar surface area (TPSA) is 79.8 Å². The molecule has 0 bridgehead atoms. The van der Waals surface area contributed by atoms with Crippen LogP contribution in [0, 0.1) is 5.92 Å². The number of rotatable bonds is 8. The maximum atomic E-state index is 12.3. The van der Waals surface area contributed by atoms with Gasteiger partial charge in [-0.15, -0.1) is 0 Å². The summed E-state index contributed by atoms with van der Waals surface area (Å²) < 4.78 is 21.2. The highest BCUT2D eigenvalue weighted by Crippen LogP contribution is 2.21. The molecule has 1 atom stereocenters. The molecule has 0 aliphatic heterocycles. The van der Waals surface area contributed by atoms with Gasteiger partial charge in [-0.1, -0.05) is 33.5 Å². The van der Waals surface area contributed by atoms with Crippen LogP contribution < -0.4 is 14.2 Å². The van der Waals surface area contributed by atoms with Crippen LogP contribution in [0.4, 0.5) is 0 Å². The van der Waals surface area contributed by atoms with Gasteiger partial charge < -0.3 is 18.9 Å². The van der Waals surface area contributed by atoms with Gasteiger partial charge in [0.05, 0.1) is 34.6 Å². The third kappa shape index (κ3) is 6.43. The summed E-state index contributed by atoms with van der Waals surface area (Å²) in [5, 5.41) is 0. The maximum absolute atomic E-state index is 12.3. The second kappa shape index (κ2) is 8.14. The van der Waals surface area contributed by atoms with Crippen molar-refractivity contribution in [3.05, 3.63) is 6.07 Å². The summed E-state index contributed by atoms with van der Waals surface area (Å²) in [7, 11) is 1.47. The Hall–Kier alpha value is -1.83. The molecule has 0 saturated heterocycles. The number of carbonyl (C=O) groups excluding carboxylic acids is 1. The van der Waals surface area contributed by atoms with Crippen molar-refractivity contribution in [1.82, 2.24) is 9.97 Å². The maximum Gasteiger partial charge on any atom is 0.347 e. The van der Waals surface area contributed by atoms with Crippen molar-refractivity contribution >= 4 is 14.0 Å². The standard InChI is InChI=1S/C15H26N2O5Si/c1-10(2)13(14(18)21-9-23(5,6)7)22-15-16-11(19-3)8-12(17-15)20-4/h8,10,13H,9H2,1-7H3. The van der Waals surface area contributed by atoms with Crippen LogP contribution in [0.15, 0.2) is 6.07 Å². The van der Waals surface area contributed by atoms with Crippen LogP contribution in [0.3, 0.4) is 0 Å². The summed E-state index contributed by atoms with van der Waals surface area (Å²) >= 11 is 0. The van der Waals surface area contributed by atoms with Crippen molar-refractivity contribution in [2.45, 2.75) is 39.6 Å². The fourth-order valence-corrected chi connectivity index (χ4v) is 2.16. The lowest BCUT2D eigenvalue weighted by atomic mass is 10.1. The van der Waals surface area contributed by atoms with E-state index in [4.69, 9.17) is 18.9 Å². The molecule has 1 aromatic rings. The van der Waals surface area contributed by atoms with Gasteiger partial charge in [0.15, 0.2) is 0 Å². The lowest BCUT2D eigenvalue weighted by molar-refractivity contribution is -0.152. The van der Waals surface area contributed by atoms with Gasteiger partial charge in [0.1, 0.15) is 0 Å². The van der Waals surface area contributed by atoms with E-state index in [0.717, 1.165) is 0 Å². The van der Waals surface area contributed by atoms with Crippen molar-refractivity contribution < 1.29 is 23.7 Å². The van der Waals surface area contributed by atoms with E-state index in [9.17, 15) is 4.79 Å². The Labute approximate surface area is 138 Å². The summed E-state index contributed by atoms with van der Waals surface area (Å²) in [6.45, 7) is 10.1. The van der Waals surface area contributed by atoms with Gasteiger partial charge >= 0.3 is 12.0 Å². The molecule has 0 fully saturated rings. The molecule has 130 valence electrons. The van der Waals surface area contributed by atoms with Crippen LogP contribution >= 0.6 is 0 Å². The minimum absolute atomic E-state index is 0.0184. The normalized spacial score (nSPS) is 12.7. The lowest BCUT2D eigenvalue weighted by Crippen LogP contribution is -2.38. The Balaban J connectivity index is 2.89. The van der Waals surface area contributed by atoms with E-state index in [1.807, 2.05) is 13.8 Å². The van der Waals surface area contributed by atoms with Crippen LogP contribution in [0.2, 0.25) is 19.6 Å². The van der Waals surface area contributed by atoms with E-state index in [1.165, 1.54) is 20.3 Å². The van der Waals surface area contributed by atoms with E-state index in [1.54, 1.807) is 0 Å². The molecule has 0 radical (unpaired) electrons. The Kier molecular flexibility index (Phi) is 6.80. The van der Waals surface area contributed by atoms with E-state index >= 15 is 0 Å². The molecule has 0 spiro atoms. The van der Waals surface area contributed by atoms with Gasteiger partial charge in [0.2, 0.25) is 17.9 Å². The molecule has 1 rings (SSSR count). The van der Waals surface area contributed by atoms with Crippen molar-refractivity contribution in [2.75, 3.05) is 20.4 Å². The molecule has 7 nitrogen and oxygen atoms in total. The average molecular weight is 342 g/mol. The average Bonchev–Trinajstić information content (AvgIpc) is 2.48. The lowest BCUT2D eigenvalue weighted by Gasteiger charge is -2.22. The minimum atomic E-state index is -1.49. The first-order chi connectivity index (χ1) is 10.7. The second-order valence-electron chi connectivity index (χ2n) is 6.69. The van der Waals surface area contributed by atoms with Crippen molar-refractivity contribution in [3.8, 4) is 17.8 Å². The number of hydrogen-bond donors (Lipinski definition) is 0. The fraction of sp³-hybridized carbons (Fsp3) is 0.667. The predicted molar refractivity (Wildman–Crippen MR) is 88.7 cm³/mol. The van der Waals surface area contributed by atoms with Crippen LogP contribution in [0.25, 0.3) is 0 Å². The van der Waals surface area contributed by atoms with Gasteiger partial charge in [-0.25, -0.2) is 4.79 Å². The zero-order valence-corrected chi connectivity index (χ0v) is 15.9. The zero-order valence-electron chi connectivity index (χ0n) is 14.9. The van der Waals surface area contributed by atoms with E-state index in [-0.39, 0.29) is 11.9 Å². The number of methoxy groups -OCH3 is 2. The van der Waals surface area contributed by atoms with E-state index in [2.05, 4.69) is 29.6 Å². The van der Waals surface area contributed by atoms with Crippen molar-refractivity contribution in [3.63, 3.8) is 0 Å². The quantitative estimate of drug-likeness (QED) is 0.530. The highest BCUT2D eigenvalue weighted by atomic mass is 28.3. The molecule has 1 unspecified atom stereocenters. The number of aromatic nitrogens is 2. The van der Waals surface area contributed by atoms with Crippen molar-refractivity contribution in [2.24, 2.45) is 5.92 Å². The molecule has 1 aromatic heterocycles. The number of hydrogen-bond acceptors (Lipinski definition) is 7. The molecule has 23 heavy (non-hydrogen) atoms. The van der Waals surface area contributed by atoms with Crippen LogP contribution in [-0.4, -0.2) is 50.6 Å². The van der Waals surface area contributed by atoms with Crippen LogP contribution in [-0.2, 0) is 9.53 Å². The second-order valence-corrected chi connectivity index (χ2v) is 12.1. The summed E-state index contributed by atoms with van der Waals surface area (Å²) in [6.07, 6.45) is -0.344. The summed E-state index contributed by atoms with van der Waals surface area (Å²) in [4.78, 5) is 20.5. The molecule has 0 aliphatic carbocycles. The Morgan fingerprint density at radius 1 is 1.13 bits per heavy atom. The molecule has 8 heteroatoms. The Morgan fingerprint density at radius 3 is 2.04 bits per heavy atom. The third-order valence-corrected chi connectivity index (χ3v) is 3.80. The highest BCUT2D eigenvalue weighted by Gasteiger charge is 2.29. The minimum Gasteiger partial charge on any atom is -0.481 e. The first-order valence-electron chi connectivity index (χ1n) is 7.46. The van der Waals surface area contributed by atoms with Crippen molar-refractivity contribution in [1.29, 1.82) is 0 Å². The molecular formula is C15H26N2O5Si. The molecule has 1 heterocycles. The van der Waals surface area contributed by atoms with Crippen LogP contribution in [0.5, 0.6) is 17.8 Å². The third-order valence-electron chi connectivity index (χ3n) is 2.79. The fourth-order valence-electron chi connectivity index (χ4n) is 1.59. The monoisotopic (exact) mass is 342 g/mol. The van der Waals surface area contributed by atoms with E-state index in [0.29, 0.717) is 18.0 Å². The number of esters is 1. The summed E-state index contributed by atoms with van der Waals surface area (Å²) in [5.74, 6) is 0.0902. The molecule has 0 saturated carbocycles. The summed E-state index contributed by atoms with van der Waals surface area (Å²) in [5.41, 5.74) is 0. The predicted octanol–water partition coefficient (Wildman–Crippen LogP) is 2.32. The zero-order chi connectivity index (χ0) is 17.6. The largest absolute Gasteiger partial charge is 0.481 e. The molecule has 0 N–H and O–H groups in total. The summed E-state index contributed by atoms with van der Waals surface area (Å²) in [6, 6.07) is 1.55. The smallest absolute Gasteiger partial charge is 0.347 e. The van der Waals surface area contributed by atoms with Gasteiger partial charge in [-0.3, -0.25) is 0 Å². The number of nitrogens with zero attached hydrogens (tertiary/aromatic N) is 2. The number of carbonyl (C=O) groups is 1. The molecule has 0 aliphatic rings. The first-order valence-corrected chi connectivity index (χ1v) is 11.2. The van der Waals surface area contributed by atoms with E-state index < -0.39 is 20.1 Å². The number of ether oxygens (including phenoxy) is 4. The first kappa shape index (κ1) is 19.2. The Morgan fingerprint density at radius 2 is 1.65 bits per heavy atom. The van der Waals surface area contributed by atoms with Gasteiger partial charge in [0.25, 0.3) is 0 Å². The van der Waals surface area contributed by atoms with Gasteiger partial charge in [-0.05, 0) is 0 Å².